The zero-order valence-electron chi connectivity index (χ0n) is 10.8. The quantitative estimate of drug-likeness (QED) is 0.776. The lowest BCUT2D eigenvalue weighted by Gasteiger charge is -2.21. The molecule has 0 aromatic heterocycles. The van der Waals surface area contributed by atoms with E-state index in [1.54, 1.807) is 0 Å². The summed E-state index contributed by atoms with van der Waals surface area (Å²) < 4.78 is 0. The summed E-state index contributed by atoms with van der Waals surface area (Å²) in [7, 11) is 0. The van der Waals surface area contributed by atoms with Crippen LogP contribution in [0.3, 0.4) is 0 Å². The smallest absolute Gasteiger partial charge is 0.243 e. The fraction of sp³-hybridized carbons (Fsp3) is 0.923. The molecule has 1 amide bonds. The van der Waals surface area contributed by atoms with E-state index in [9.17, 15) is 4.79 Å². The highest BCUT2D eigenvalue weighted by Crippen LogP contribution is 2.34. The van der Waals surface area contributed by atoms with E-state index in [0.29, 0.717) is 5.91 Å². The van der Waals surface area contributed by atoms with Crippen LogP contribution in [0.25, 0.3) is 0 Å². The molecule has 1 heterocycles. The highest BCUT2D eigenvalue weighted by Gasteiger charge is 2.44. The van der Waals surface area contributed by atoms with E-state index >= 15 is 0 Å². The first-order chi connectivity index (χ1) is 7.57. The minimum absolute atomic E-state index is 0.205. The molecule has 2 rings (SSSR count). The van der Waals surface area contributed by atoms with Crippen LogP contribution in [0, 0.1) is 5.92 Å². The largest absolute Gasteiger partial charge is 0.326 e. The number of amides is 1. The molecule has 2 unspecified atom stereocenters. The molecule has 16 heavy (non-hydrogen) atoms. The van der Waals surface area contributed by atoms with Crippen LogP contribution in [0.1, 0.15) is 52.9 Å². The maximum absolute atomic E-state index is 12.2. The van der Waals surface area contributed by atoms with Gasteiger partial charge in [0.2, 0.25) is 5.91 Å². The number of hydrogen-bond acceptors (Lipinski definition) is 2. The van der Waals surface area contributed by atoms with Crippen LogP contribution in [0.15, 0.2) is 0 Å². The van der Waals surface area contributed by atoms with Gasteiger partial charge >= 0.3 is 0 Å². The molecule has 1 saturated carbocycles. The van der Waals surface area contributed by atoms with E-state index in [1.165, 1.54) is 25.7 Å². The summed E-state index contributed by atoms with van der Waals surface area (Å²) >= 11 is 0. The first kappa shape index (κ1) is 11.9. The lowest BCUT2D eigenvalue weighted by atomic mass is 9.99. The third-order valence-corrected chi connectivity index (χ3v) is 4.14. The maximum atomic E-state index is 12.2. The van der Waals surface area contributed by atoms with Crippen molar-refractivity contribution in [2.24, 2.45) is 5.92 Å². The molecule has 0 radical (unpaired) electrons. The monoisotopic (exact) mass is 224 g/mol. The molecule has 92 valence electrons. The van der Waals surface area contributed by atoms with Gasteiger partial charge < -0.3 is 4.90 Å². The Bertz CT molecular complexity index is 275. The van der Waals surface area contributed by atoms with Crippen molar-refractivity contribution in [3.63, 3.8) is 0 Å². The first-order valence-electron chi connectivity index (χ1n) is 6.65. The number of carbonyl (C=O) groups excluding carboxylic acids is 1. The number of carbonyl (C=O) groups is 1. The van der Waals surface area contributed by atoms with Crippen molar-refractivity contribution in [3.8, 4) is 0 Å². The Morgan fingerprint density at radius 3 is 2.69 bits per heavy atom. The predicted molar refractivity (Wildman–Crippen MR) is 65.0 cm³/mol. The van der Waals surface area contributed by atoms with E-state index in [4.69, 9.17) is 0 Å². The van der Waals surface area contributed by atoms with Crippen LogP contribution >= 0.6 is 0 Å². The Labute approximate surface area is 98.6 Å². The molecule has 2 aliphatic rings. The lowest BCUT2D eigenvalue weighted by molar-refractivity contribution is -0.132. The normalized spacial score (nSPS) is 34.8. The van der Waals surface area contributed by atoms with Crippen LogP contribution in [0.2, 0.25) is 0 Å². The Balaban J connectivity index is 1.85. The van der Waals surface area contributed by atoms with Crippen LogP contribution in [-0.2, 0) is 4.79 Å². The van der Waals surface area contributed by atoms with Gasteiger partial charge in [0.15, 0.2) is 0 Å². The summed E-state index contributed by atoms with van der Waals surface area (Å²) in [5.41, 5.74) is -0.320. The molecule has 0 spiro atoms. The molecular formula is C13H24N2O. The minimum atomic E-state index is -0.320. The summed E-state index contributed by atoms with van der Waals surface area (Å²) in [5, 5.41) is 3.41. The van der Waals surface area contributed by atoms with Gasteiger partial charge in [0.1, 0.15) is 0 Å². The van der Waals surface area contributed by atoms with E-state index in [2.05, 4.69) is 19.2 Å². The molecule has 1 aliphatic heterocycles. The lowest BCUT2D eigenvalue weighted by Crippen LogP contribution is -2.43. The third-order valence-electron chi connectivity index (χ3n) is 4.14. The van der Waals surface area contributed by atoms with Gasteiger partial charge in [0.25, 0.3) is 0 Å². The average molecular weight is 224 g/mol. The zero-order chi connectivity index (χ0) is 11.8. The maximum Gasteiger partial charge on any atom is 0.243 e. The molecule has 3 nitrogen and oxygen atoms in total. The Morgan fingerprint density at radius 2 is 2.19 bits per heavy atom. The molecule has 1 aliphatic carbocycles. The fourth-order valence-electron chi connectivity index (χ4n) is 2.60. The second-order valence-corrected chi connectivity index (χ2v) is 5.59. The Kier molecular flexibility index (Phi) is 3.24. The van der Waals surface area contributed by atoms with Gasteiger partial charge in [-0.25, -0.2) is 0 Å². The molecule has 2 atom stereocenters. The van der Waals surface area contributed by atoms with Crippen molar-refractivity contribution in [3.05, 3.63) is 0 Å². The highest BCUT2D eigenvalue weighted by molar-refractivity contribution is 5.88. The van der Waals surface area contributed by atoms with E-state index in [0.717, 1.165) is 18.9 Å². The summed E-state index contributed by atoms with van der Waals surface area (Å²) in [4.78, 5) is 14.2. The van der Waals surface area contributed by atoms with Crippen molar-refractivity contribution in [2.45, 2.75) is 64.6 Å². The molecule has 2 fully saturated rings. The van der Waals surface area contributed by atoms with E-state index in [-0.39, 0.29) is 11.7 Å². The number of nitrogens with one attached hydrogen (secondary N) is 1. The van der Waals surface area contributed by atoms with Gasteiger partial charge in [-0.05, 0) is 39.0 Å². The van der Waals surface area contributed by atoms with Crippen LogP contribution in [0.5, 0.6) is 0 Å². The predicted octanol–water partition coefficient (Wildman–Crippen LogP) is 2.12. The first-order valence-corrected chi connectivity index (χ1v) is 6.65. The minimum Gasteiger partial charge on any atom is -0.326 e. The number of hydrogen-bond donors (Lipinski definition) is 1. The second kappa shape index (κ2) is 4.36. The molecule has 0 bridgehead atoms. The number of rotatable bonds is 5. The second-order valence-electron chi connectivity index (χ2n) is 5.59. The van der Waals surface area contributed by atoms with Crippen molar-refractivity contribution in [1.29, 1.82) is 0 Å². The Morgan fingerprint density at radius 1 is 1.50 bits per heavy atom. The molecule has 1 saturated heterocycles. The van der Waals surface area contributed by atoms with Gasteiger partial charge in [0.05, 0.1) is 11.7 Å². The molecule has 3 heteroatoms. The SMILES string of the molecule is CCC1(C)NC(C)N(CCCC2CC2)C1=O. The highest BCUT2D eigenvalue weighted by atomic mass is 16.2. The zero-order valence-corrected chi connectivity index (χ0v) is 10.8. The van der Waals surface area contributed by atoms with Crippen molar-refractivity contribution in [2.75, 3.05) is 6.54 Å². The topological polar surface area (TPSA) is 32.3 Å². The van der Waals surface area contributed by atoms with E-state index < -0.39 is 0 Å². The van der Waals surface area contributed by atoms with Crippen LogP contribution < -0.4 is 5.32 Å². The molecule has 1 N–H and O–H groups in total. The van der Waals surface area contributed by atoms with Gasteiger partial charge in [-0.1, -0.05) is 19.8 Å². The van der Waals surface area contributed by atoms with Gasteiger partial charge in [-0.15, -0.1) is 0 Å². The average Bonchev–Trinajstić information content (AvgIpc) is 3.03. The van der Waals surface area contributed by atoms with Crippen molar-refractivity contribution < 1.29 is 4.79 Å². The summed E-state index contributed by atoms with van der Waals surface area (Å²) in [6.07, 6.45) is 6.37. The summed E-state index contributed by atoms with van der Waals surface area (Å²) in [5.74, 6) is 1.26. The van der Waals surface area contributed by atoms with Crippen LogP contribution in [-0.4, -0.2) is 29.1 Å². The Hall–Kier alpha value is -0.570. The molecule has 0 aromatic carbocycles. The molecular weight excluding hydrogens is 200 g/mol. The van der Waals surface area contributed by atoms with Gasteiger partial charge in [-0.3, -0.25) is 10.1 Å². The van der Waals surface area contributed by atoms with E-state index in [1.807, 2.05) is 11.8 Å². The summed E-state index contributed by atoms with van der Waals surface area (Å²) in [6, 6.07) is 0. The third kappa shape index (κ3) is 2.24. The van der Waals surface area contributed by atoms with Crippen molar-refractivity contribution in [1.82, 2.24) is 10.2 Å². The summed E-state index contributed by atoms with van der Waals surface area (Å²) in [6.45, 7) is 7.12. The molecule has 0 aromatic rings. The van der Waals surface area contributed by atoms with Gasteiger partial charge in [-0.2, -0.15) is 0 Å². The standard InChI is InChI=1S/C13H24N2O/c1-4-13(3)12(16)15(10(2)14-13)9-5-6-11-7-8-11/h10-11,14H,4-9H2,1-3H3. The fourth-order valence-corrected chi connectivity index (χ4v) is 2.60. The van der Waals surface area contributed by atoms with Crippen molar-refractivity contribution >= 4 is 5.91 Å². The van der Waals surface area contributed by atoms with Gasteiger partial charge in [0, 0.05) is 6.54 Å². The number of nitrogens with zero attached hydrogens (tertiary/aromatic N) is 1. The van der Waals surface area contributed by atoms with Crippen LogP contribution in [0.4, 0.5) is 0 Å².